The molecule has 0 aliphatic carbocycles. The van der Waals surface area contributed by atoms with Gasteiger partial charge in [0.05, 0.1) is 18.8 Å². The Balaban J connectivity index is 3.23. The van der Waals surface area contributed by atoms with Gasteiger partial charge in [0, 0.05) is 6.42 Å². The Morgan fingerprint density at radius 2 is 1.20 bits per heavy atom. The minimum atomic E-state index is -0.815. The summed E-state index contributed by atoms with van der Waals surface area (Å²) in [6.45, 7) is -0.334. The van der Waals surface area contributed by atoms with E-state index >= 15 is 0 Å². The molecule has 0 amide bonds. The largest absolute Gasteiger partial charge is 0.481 e. The Morgan fingerprint density at radius 3 is 1.60 bits per heavy atom. The molecule has 0 unspecified atom stereocenters. The number of unbranched alkanes of at least 4 members (excludes halogenated alkanes) is 8. The topological polar surface area (TPSA) is 104 Å². The van der Waals surface area contributed by atoms with Crippen LogP contribution in [0.1, 0.15) is 70.6 Å². The van der Waals surface area contributed by atoms with Crippen molar-refractivity contribution in [1.82, 2.24) is 0 Å². The standard InChI is InChI=1S/C15H31NO4/c16-15(12-17,13-18)11-9-7-5-3-1-2-4-6-8-10-14(19)20/h17-18H,1-13,16H2,(H,19,20). The van der Waals surface area contributed by atoms with Crippen molar-refractivity contribution in [1.29, 1.82) is 0 Å². The Kier molecular flexibility index (Phi) is 11.7. The van der Waals surface area contributed by atoms with Crippen LogP contribution in [0.5, 0.6) is 0 Å². The van der Waals surface area contributed by atoms with Crippen molar-refractivity contribution in [2.75, 3.05) is 13.2 Å². The molecule has 0 heterocycles. The summed E-state index contributed by atoms with van der Waals surface area (Å²) in [5.74, 6) is -0.702. The molecule has 0 aliphatic rings. The van der Waals surface area contributed by atoms with Crippen molar-refractivity contribution < 1.29 is 20.1 Å². The van der Waals surface area contributed by atoms with E-state index in [-0.39, 0.29) is 19.6 Å². The molecule has 0 saturated heterocycles. The van der Waals surface area contributed by atoms with Gasteiger partial charge in [0.2, 0.25) is 0 Å². The molecule has 0 spiro atoms. The summed E-state index contributed by atoms with van der Waals surface area (Å²) in [5.41, 5.74) is 4.97. The number of rotatable bonds is 14. The summed E-state index contributed by atoms with van der Waals surface area (Å²) in [6, 6.07) is 0. The average Bonchev–Trinajstić information content (AvgIpc) is 2.44. The second-order valence-electron chi connectivity index (χ2n) is 5.75. The summed E-state index contributed by atoms with van der Waals surface area (Å²) in [6.07, 6.45) is 10.6. The maximum Gasteiger partial charge on any atom is 0.303 e. The molecule has 0 rings (SSSR count). The fourth-order valence-corrected chi connectivity index (χ4v) is 2.20. The van der Waals surface area contributed by atoms with E-state index in [9.17, 15) is 4.79 Å². The third-order valence-electron chi connectivity index (χ3n) is 3.70. The van der Waals surface area contributed by atoms with Crippen molar-refractivity contribution in [3.63, 3.8) is 0 Å². The van der Waals surface area contributed by atoms with Gasteiger partial charge in [-0.25, -0.2) is 0 Å². The molecule has 0 aromatic heterocycles. The van der Waals surface area contributed by atoms with Crippen LogP contribution in [0.25, 0.3) is 0 Å². The summed E-state index contributed by atoms with van der Waals surface area (Å²) >= 11 is 0. The van der Waals surface area contributed by atoms with E-state index in [1.54, 1.807) is 0 Å². The summed E-state index contributed by atoms with van der Waals surface area (Å²) in [5, 5.41) is 26.6. The SMILES string of the molecule is NC(CO)(CO)CCCCCCCCCCCC(=O)O. The van der Waals surface area contributed by atoms with E-state index in [0.29, 0.717) is 6.42 Å². The highest BCUT2D eigenvalue weighted by Gasteiger charge is 2.21. The minimum absolute atomic E-state index is 0.167. The number of carbonyl (C=O) groups is 1. The van der Waals surface area contributed by atoms with E-state index in [1.807, 2.05) is 0 Å². The first-order chi connectivity index (χ1) is 9.54. The van der Waals surface area contributed by atoms with E-state index in [0.717, 1.165) is 38.5 Å². The highest BCUT2D eigenvalue weighted by molar-refractivity contribution is 5.66. The minimum Gasteiger partial charge on any atom is -0.481 e. The fourth-order valence-electron chi connectivity index (χ4n) is 2.20. The second kappa shape index (κ2) is 12.1. The van der Waals surface area contributed by atoms with Crippen molar-refractivity contribution in [3.05, 3.63) is 0 Å². The van der Waals surface area contributed by atoms with Gasteiger partial charge in [-0.2, -0.15) is 0 Å². The first-order valence-corrected chi connectivity index (χ1v) is 7.76. The molecule has 0 aromatic rings. The molecule has 0 aromatic carbocycles. The number of carboxylic acid groups (broad SMARTS) is 1. The first-order valence-electron chi connectivity index (χ1n) is 7.76. The van der Waals surface area contributed by atoms with Crippen molar-refractivity contribution in [2.24, 2.45) is 5.73 Å². The highest BCUT2D eigenvalue weighted by Crippen LogP contribution is 2.14. The Labute approximate surface area is 122 Å². The normalized spacial score (nSPS) is 11.8. The number of hydrogen-bond acceptors (Lipinski definition) is 4. The lowest BCUT2D eigenvalue weighted by Crippen LogP contribution is -2.47. The molecule has 20 heavy (non-hydrogen) atoms. The molecular formula is C15H31NO4. The van der Waals surface area contributed by atoms with Gasteiger partial charge in [-0.1, -0.05) is 51.4 Å². The average molecular weight is 289 g/mol. The van der Waals surface area contributed by atoms with Gasteiger partial charge in [-0.15, -0.1) is 0 Å². The highest BCUT2D eigenvalue weighted by atomic mass is 16.4. The van der Waals surface area contributed by atoms with E-state index in [2.05, 4.69) is 0 Å². The number of carboxylic acids is 1. The van der Waals surface area contributed by atoms with Gasteiger partial charge >= 0.3 is 5.97 Å². The maximum atomic E-state index is 10.3. The number of nitrogens with two attached hydrogens (primary N) is 1. The molecule has 0 fully saturated rings. The Hall–Kier alpha value is -0.650. The van der Waals surface area contributed by atoms with Gasteiger partial charge in [-0.3, -0.25) is 4.79 Å². The zero-order valence-electron chi connectivity index (χ0n) is 12.5. The van der Waals surface area contributed by atoms with Crippen LogP contribution < -0.4 is 5.73 Å². The van der Waals surface area contributed by atoms with E-state index < -0.39 is 11.5 Å². The number of hydrogen-bond donors (Lipinski definition) is 4. The second-order valence-corrected chi connectivity index (χ2v) is 5.75. The van der Waals surface area contributed by atoms with Gasteiger partial charge in [0.1, 0.15) is 0 Å². The first kappa shape index (κ1) is 19.4. The van der Waals surface area contributed by atoms with Crippen molar-refractivity contribution in [2.45, 2.75) is 76.2 Å². The monoisotopic (exact) mass is 289 g/mol. The lowest BCUT2D eigenvalue weighted by Gasteiger charge is -2.24. The summed E-state index contributed by atoms with van der Waals surface area (Å²) < 4.78 is 0. The van der Waals surface area contributed by atoms with Crippen LogP contribution in [0.3, 0.4) is 0 Å². The lowest BCUT2D eigenvalue weighted by molar-refractivity contribution is -0.137. The Morgan fingerprint density at radius 1 is 0.800 bits per heavy atom. The molecule has 5 heteroatoms. The summed E-state index contributed by atoms with van der Waals surface area (Å²) in [7, 11) is 0. The molecule has 0 aliphatic heterocycles. The quantitative estimate of drug-likeness (QED) is 0.366. The van der Waals surface area contributed by atoms with Crippen LogP contribution in [0.2, 0.25) is 0 Å². The van der Waals surface area contributed by atoms with Crippen molar-refractivity contribution in [3.8, 4) is 0 Å². The van der Waals surface area contributed by atoms with Crippen LogP contribution in [0.4, 0.5) is 0 Å². The zero-order valence-corrected chi connectivity index (χ0v) is 12.5. The van der Waals surface area contributed by atoms with Gasteiger partial charge < -0.3 is 21.1 Å². The van der Waals surface area contributed by atoms with Gasteiger partial charge in [-0.05, 0) is 12.8 Å². The molecule has 5 N–H and O–H groups in total. The number of aliphatic hydroxyl groups is 2. The predicted octanol–water partition coefficient (Wildman–Crippen LogP) is 2.04. The molecular weight excluding hydrogens is 258 g/mol. The molecule has 0 radical (unpaired) electrons. The van der Waals surface area contributed by atoms with Crippen LogP contribution in [-0.2, 0) is 4.79 Å². The molecule has 0 saturated carbocycles. The van der Waals surface area contributed by atoms with Crippen LogP contribution >= 0.6 is 0 Å². The molecule has 0 atom stereocenters. The van der Waals surface area contributed by atoms with Gasteiger partial charge in [0.25, 0.3) is 0 Å². The van der Waals surface area contributed by atoms with Crippen molar-refractivity contribution >= 4 is 5.97 Å². The number of aliphatic hydroxyl groups excluding tert-OH is 2. The third kappa shape index (κ3) is 11.2. The van der Waals surface area contributed by atoms with E-state index in [1.165, 1.54) is 19.3 Å². The van der Waals surface area contributed by atoms with Crippen LogP contribution in [0, 0.1) is 0 Å². The maximum absolute atomic E-state index is 10.3. The smallest absolute Gasteiger partial charge is 0.303 e. The third-order valence-corrected chi connectivity index (χ3v) is 3.70. The zero-order chi connectivity index (χ0) is 15.3. The fraction of sp³-hybridized carbons (Fsp3) is 0.933. The molecule has 120 valence electrons. The van der Waals surface area contributed by atoms with Crippen LogP contribution in [-0.4, -0.2) is 40.0 Å². The lowest BCUT2D eigenvalue weighted by atomic mass is 9.94. The van der Waals surface area contributed by atoms with Crippen LogP contribution in [0.15, 0.2) is 0 Å². The predicted molar refractivity (Wildman–Crippen MR) is 79.5 cm³/mol. The molecule has 5 nitrogen and oxygen atoms in total. The summed E-state index contributed by atoms with van der Waals surface area (Å²) in [4.78, 5) is 10.3. The Bertz CT molecular complexity index is 242. The number of aliphatic carboxylic acids is 1. The molecule has 0 bridgehead atoms. The van der Waals surface area contributed by atoms with E-state index in [4.69, 9.17) is 21.1 Å². The van der Waals surface area contributed by atoms with Gasteiger partial charge in [0.15, 0.2) is 0 Å².